The molecule has 0 aromatic carbocycles. The van der Waals surface area contributed by atoms with Gasteiger partial charge in [0.05, 0.1) is 6.20 Å². The lowest BCUT2D eigenvalue weighted by Crippen LogP contribution is -2.31. The van der Waals surface area contributed by atoms with Gasteiger partial charge in [-0.05, 0) is 31.1 Å². The average molecular weight is 323 g/mol. The molecule has 1 aliphatic heterocycles. The highest BCUT2D eigenvalue weighted by Crippen LogP contribution is 2.30. The molecule has 0 radical (unpaired) electrons. The quantitative estimate of drug-likeness (QED) is 0.858. The van der Waals surface area contributed by atoms with Crippen LogP contribution in [0, 0.1) is 11.8 Å². The summed E-state index contributed by atoms with van der Waals surface area (Å²) in [6.07, 6.45) is 4.32. The van der Waals surface area contributed by atoms with E-state index in [0.717, 1.165) is 30.6 Å². The first-order valence-corrected chi connectivity index (χ1v) is 9.16. The summed E-state index contributed by atoms with van der Waals surface area (Å²) in [7, 11) is -3.41. The number of rotatable bonds is 3. The van der Waals surface area contributed by atoms with Gasteiger partial charge < -0.3 is 0 Å². The van der Waals surface area contributed by atoms with Gasteiger partial charge in [-0.2, -0.15) is 4.31 Å². The van der Waals surface area contributed by atoms with Gasteiger partial charge in [-0.3, -0.25) is 0 Å². The van der Waals surface area contributed by atoms with E-state index in [2.05, 4.69) is 18.8 Å². The van der Waals surface area contributed by atoms with E-state index in [4.69, 9.17) is 11.6 Å². The molecule has 1 atom stereocenters. The van der Waals surface area contributed by atoms with Crippen LogP contribution in [0.25, 0.3) is 0 Å². The van der Waals surface area contributed by atoms with Gasteiger partial charge in [-0.1, -0.05) is 36.8 Å². The predicted octanol–water partition coefficient (Wildman–Crippen LogP) is 3.24. The van der Waals surface area contributed by atoms with E-state index in [1.807, 2.05) is 0 Å². The zero-order valence-corrected chi connectivity index (χ0v) is 13.6. The molecule has 0 amide bonds. The lowest BCUT2D eigenvalue weighted by atomic mass is 9.89. The van der Waals surface area contributed by atoms with Gasteiger partial charge >= 0.3 is 0 Å². The van der Waals surface area contributed by atoms with Crippen LogP contribution in [0.5, 0.6) is 0 Å². The molecule has 108 valence electrons. The van der Waals surface area contributed by atoms with E-state index >= 15 is 0 Å². The second-order valence-electron chi connectivity index (χ2n) is 5.27. The maximum atomic E-state index is 12.5. The Morgan fingerprint density at radius 2 is 2.16 bits per heavy atom. The van der Waals surface area contributed by atoms with Gasteiger partial charge in [0, 0.05) is 13.1 Å². The van der Waals surface area contributed by atoms with E-state index < -0.39 is 10.0 Å². The van der Waals surface area contributed by atoms with Gasteiger partial charge in [0.15, 0.2) is 8.68 Å². The Morgan fingerprint density at radius 1 is 1.42 bits per heavy atom. The summed E-state index contributed by atoms with van der Waals surface area (Å²) in [4.78, 5) is 3.82. The molecule has 0 spiro atoms. The van der Waals surface area contributed by atoms with E-state index in [1.165, 1.54) is 6.20 Å². The Kier molecular flexibility index (Phi) is 4.87. The third-order valence-corrected chi connectivity index (χ3v) is 7.18. The summed E-state index contributed by atoms with van der Waals surface area (Å²) < 4.78 is 27.0. The Labute approximate surface area is 123 Å². The van der Waals surface area contributed by atoms with Crippen LogP contribution in [-0.2, 0) is 10.0 Å². The van der Waals surface area contributed by atoms with Crippen LogP contribution in [0.2, 0.25) is 4.47 Å². The standard InChI is InChI=1S/C12H19ClN2O2S2/c1-9(2)10-4-3-6-15(7-5-10)19(16,17)11-8-14-12(13)18-11/h8-10H,3-7H2,1-2H3. The number of nitrogens with zero attached hydrogens (tertiary/aromatic N) is 2. The fraction of sp³-hybridized carbons (Fsp3) is 0.750. The summed E-state index contributed by atoms with van der Waals surface area (Å²) in [6.45, 7) is 5.61. The maximum Gasteiger partial charge on any atom is 0.254 e. The number of hydrogen-bond donors (Lipinski definition) is 0. The number of halogens is 1. The van der Waals surface area contributed by atoms with Crippen LogP contribution >= 0.6 is 22.9 Å². The van der Waals surface area contributed by atoms with Crippen molar-refractivity contribution in [2.75, 3.05) is 13.1 Å². The van der Waals surface area contributed by atoms with Crippen molar-refractivity contribution in [3.63, 3.8) is 0 Å². The molecule has 0 aliphatic carbocycles. The highest BCUT2D eigenvalue weighted by Gasteiger charge is 2.29. The molecule has 1 saturated heterocycles. The smallest absolute Gasteiger partial charge is 0.232 e. The summed E-state index contributed by atoms with van der Waals surface area (Å²) in [5.74, 6) is 1.23. The van der Waals surface area contributed by atoms with Crippen molar-refractivity contribution in [2.24, 2.45) is 11.8 Å². The average Bonchev–Trinajstić information content (AvgIpc) is 2.65. The highest BCUT2D eigenvalue weighted by atomic mass is 35.5. The minimum absolute atomic E-state index is 0.250. The normalized spacial score (nSPS) is 22.6. The fourth-order valence-corrected chi connectivity index (χ4v) is 5.43. The number of hydrogen-bond acceptors (Lipinski definition) is 4. The van der Waals surface area contributed by atoms with Crippen molar-refractivity contribution in [1.29, 1.82) is 0 Å². The second kappa shape index (κ2) is 6.08. The van der Waals surface area contributed by atoms with Crippen LogP contribution in [0.4, 0.5) is 0 Å². The first-order valence-electron chi connectivity index (χ1n) is 6.52. The largest absolute Gasteiger partial charge is 0.254 e. The highest BCUT2D eigenvalue weighted by molar-refractivity contribution is 7.91. The molecule has 2 heterocycles. The molecular weight excluding hydrogens is 304 g/mol. The molecular formula is C12H19ClN2O2S2. The van der Waals surface area contributed by atoms with Gasteiger partial charge in [0.2, 0.25) is 0 Å². The predicted molar refractivity (Wildman–Crippen MR) is 78.1 cm³/mol. The van der Waals surface area contributed by atoms with Crippen LogP contribution in [0.15, 0.2) is 10.4 Å². The maximum absolute atomic E-state index is 12.5. The molecule has 1 aromatic heterocycles. The minimum atomic E-state index is -3.41. The Morgan fingerprint density at radius 3 is 2.74 bits per heavy atom. The van der Waals surface area contributed by atoms with Gasteiger partial charge in [-0.25, -0.2) is 13.4 Å². The van der Waals surface area contributed by atoms with Crippen LogP contribution in [0.1, 0.15) is 33.1 Å². The molecule has 7 heteroatoms. The lowest BCUT2D eigenvalue weighted by Gasteiger charge is -2.20. The van der Waals surface area contributed by atoms with E-state index in [0.29, 0.717) is 24.9 Å². The Hall–Kier alpha value is -0.170. The summed E-state index contributed by atoms with van der Waals surface area (Å²) in [6, 6.07) is 0. The summed E-state index contributed by atoms with van der Waals surface area (Å²) in [5, 5.41) is 0. The van der Waals surface area contributed by atoms with Gasteiger partial charge in [0.25, 0.3) is 10.0 Å². The first-order chi connectivity index (χ1) is 8.91. The lowest BCUT2D eigenvalue weighted by molar-refractivity contribution is 0.341. The molecule has 4 nitrogen and oxygen atoms in total. The molecule has 1 fully saturated rings. The number of thiazole rings is 1. The van der Waals surface area contributed by atoms with Crippen molar-refractivity contribution in [1.82, 2.24) is 9.29 Å². The second-order valence-corrected chi connectivity index (χ2v) is 9.05. The van der Waals surface area contributed by atoms with Crippen molar-refractivity contribution in [2.45, 2.75) is 37.3 Å². The van der Waals surface area contributed by atoms with Gasteiger partial charge in [0.1, 0.15) is 0 Å². The molecule has 0 bridgehead atoms. The van der Waals surface area contributed by atoms with E-state index in [-0.39, 0.29) is 8.68 Å². The third-order valence-electron chi connectivity index (χ3n) is 3.72. The number of aromatic nitrogens is 1. The van der Waals surface area contributed by atoms with E-state index in [9.17, 15) is 8.42 Å². The van der Waals surface area contributed by atoms with Crippen LogP contribution < -0.4 is 0 Å². The molecule has 1 unspecified atom stereocenters. The molecule has 0 N–H and O–H groups in total. The third kappa shape index (κ3) is 3.48. The van der Waals surface area contributed by atoms with Crippen molar-refractivity contribution >= 4 is 33.0 Å². The van der Waals surface area contributed by atoms with Crippen LogP contribution in [0.3, 0.4) is 0 Å². The zero-order valence-electron chi connectivity index (χ0n) is 11.2. The molecule has 19 heavy (non-hydrogen) atoms. The number of sulfonamides is 1. The van der Waals surface area contributed by atoms with Crippen molar-refractivity contribution < 1.29 is 8.42 Å². The summed E-state index contributed by atoms with van der Waals surface area (Å²) in [5.41, 5.74) is 0. The van der Waals surface area contributed by atoms with Crippen LogP contribution in [-0.4, -0.2) is 30.8 Å². The van der Waals surface area contributed by atoms with Gasteiger partial charge in [-0.15, -0.1) is 0 Å². The Bertz CT molecular complexity index is 528. The molecule has 1 aromatic rings. The first kappa shape index (κ1) is 15.2. The van der Waals surface area contributed by atoms with E-state index in [1.54, 1.807) is 4.31 Å². The summed E-state index contributed by atoms with van der Waals surface area (Å²) >= 11 is 6.75. The van der Waals surface area contributed by atoms with Crippen molar-refractivity contribution in [3.8, 4) is 0 Å². The Balaban J connectivity index is 2.14. The monoisotopic (exact) mass is 322 g/mol. The minimum Gasteiger partial charge on any atom is -0.232 e. The fourth-order valence-electron chi connectivity index (χ4n) is 2.49. The molecule has 2 rings (SSSR count). The van der Waals surface area contributed by atoms with Crippen molar-refractivity contribution in [3.05, 3.63) is 10.7 Å². The SMILES string of the molecule is CC(C)C1CCCN(S(=O)(=O)c2cnc(Cl)s2)CC1. The molecule has 0 saturated carbocycles. The zero-order chi connectivity index (χ0) is 14.0. The topological polar surface area (TPSA) is 50.3 Å². The molecule has 1 aliphatic rings.